The zero-order valence-electron chi connectivity index (χ0n) is 8.93. The molecular formula is C10H11N2NaO2S2Zn. The van der Waals surface area contributed by atoms with Crippen molar-refractivity contribution < 1.29 is 29.9 Å². The molecular weight excluding hydrogens is 333 g/mol. The predicted molar refractivity (Wildman–Crippen MR) is 72.1 cm³/mol. The molecule has 4 nitrogen and oxygen atoms in total. The molecule has 2 rings (SSSR count). The van der Waals surface area contributed by atoms with Crippen molar-refractivity contribution in [2.45, 2.75) is 0 Å². The Hall–Kier alpha value is -0.0366. The van der Waals surface area contributed by atoms with E-state index in [1.54, 1.807) is 36.4 Å². The van der Waals surface area contributed by atoms with Crippen molar-refractivity contribution in [3.8, 4) is 0 Å². The Morgan fingerprint density at radius 1 is 0.778 bits per heavy atom. The molecule has 0 unspecified atom stereocenters. The monoisotopic (exact) mass is 342 g/mol. The second kappa shape index (κ2) is 10.8. The predicted octanol–water partition coefficient (Wildman–Crippen LogP) is 2.26. The van der Waals surface area contributed by atoms with Gasteiger partial charge in [0.15, 0.2) is 0 Å². The molecule has 0 fully saturated rings. The summed E-state index contributed by atoms with van der Waals surface area (Å²) in [5.41, 5.74) is 0. The number of nitrogens with zero attached hydrogens (tertiary/aromatic N) is 2. The van der Waals surface area contributed by atoms with Crippen molar-refractivity contribution in [2.75, 3.05) is 0 Å². The van der Waals surface area contributed by atoms with E-state index < -0.39 is 0 Å². The van der Waals surface area contributed by atoms with Crippen LogP contribution >= 0.6 is 24.4 Å². The summed E-state index contributed by atoms with van der Waals surface area (Å²) in [5, 5.41) is 17.5. The van der Waals surface area contributed by atoms with Crippen LogP contribution in [0.4, 0.5) is 0 Å². The van der Waals surface area contributed by atoms with E-state index in [1.807, 2.05) is 0 Å². The quantitative estimate of drug-likeness (QED) is 0.438. The average Bonchev–Trinajstić information content (AvgIpc) is 2.28. The Labute approximate surface area is 150 Å². The van der Waals surface area contributed by atoms with Gasteiger partial charge in [0.25, 0.3) is 0 Å². The second-order valence-corrected chi connectivity index (χ2v) is 3.60. The molecule has 18 heavy (non-hydrogen) atoms. The van der Waals surface area contributed by atoms with Gasteiger partial charge in [-0.3, -0.25) is 0 Å². The molecule has 8 heteroatoms. The molecule has 0 bridgehead atoms. The van der Waals surface area contributed by atoms with E-state index in [1.165, 1.54) is 12.4 Å². The third kappa shape index (κ3) is 7.41. The van der Waals surface area contributed by atoms with Crippen LogP contribution in [0.2, 0.25) is 0 Å². The molecule has 0 aromatic carbocycles. The molecule has 2 aromatic heterocycles. The first-order valence-corrected chi connectivity index (χ1v) is 5.17. The summed E-state index contributed by atoms with van der Waals surface area (Å²) in [7, 11) is 0. The molecule has 0 aliphatic carbocycles. The van der Waals surface area contributed by atoms with E-state index in [2.05, 4.69) is 24.4 Å². The minimum atomic E-state index is 0. The third-order valence-corrected chi connectivity index (χ3v) is 2.25. The Balaban J connectivity index is 0. The fourth-order valence-electron chi connectivity index (χ4n) is 0.838. The average molecular weight is 344 g/mol. The van der Waals surface area contributed by atoms with Crippen LogP contribution in [0.3, 0.4) is 0 Å². The normalized spacial score (nSPS) is 8.00. The summed E-state index contributed by atoms with van der Waals surface area (Å²) in [4.78, 5) is 0. The molecule has 0 aliphatic rings. The van der Waals surface area contributed by atoms with E-state index in [-0.39, 0.29) is 49.0 Å². The number of hydrogen-bond acceptors (Lipinski definition) is 4. The maximum atomic E-state index is 8.73. The number of aromatic nitrogens is 2. The van der Waals surface area contributed by atoms with Gasteiger partial charge in [0.05, 0.1) is 0 Å². The van der Waals surface area contributed by atoms with Crippen molar-refractivity contribution in [3.63, 3.8) is 0 Å². The summed E-state index contributed by atoms with van der Waals surface area (Å²) in [6, 6.07) is 10.3. The molecule has 0 aliphatic heterocycles. The van der Waals surface area contributed by atoms with Crippen molar-refractivity contribution in [1.29, 1.82) is 0 Å². The number of rotatable bonds is 0. The van der Waals surface area contributed by atoms with Gasteiger partial charge >= 0.3 is 29.6 Å². The van der Waals surface area contributed by atoms with Crippen molar-refractivity contribution in [2.24, 2.45) is 0 Å². The summed E-state index contributed by atoms with van der Waals surface area (Å²) < 4.78 is 2.64. The van der Waals surface area contributed by atoms with Crippen molar-refractivity contribution >= 4 is 54.0 Å². The fraction of sp³-hybridized carbons (Fsp3) is 0. The summed E-state index contributed by atoms with van der Waals surface area (Å²) in [6.45, 7) is 0. The molecule has 88 valence electrons. The van der Waals surface area contributed by atoms with E-state index in [0.29, 0.717) is 9.28 Å². The first kappa shape index (κ1) is 20.3. The fourth-order valence-corrected chi connectivity index (χ4v) is 1.12. The van der Waals surface area contributed by atoms with Gasteiger partial charge in [0.1, 0.15) is 9.28 Å². The van der Waals surface area contributed by atoms with Gasteiger partial charge in [-0.1, -0.05) is 36.6 Å². The summed E-state index contributed by atoms with van der Waals surface area (Å²) in [5.74, 6) is 0. The first-order valence-electron chi connectivity index (χ1n) is 4.35. The smallest absolute Gasteiger partial charge is 0 e. The maximum absolute atomic E-state index is 8.73. The zero-order valence-corrected chi connectivity index (χ0v) is 13.5. The Morgan fingerprint density at radius 2 is 1.11 bits per heavy atom. The van der Waals surface area contributed by atoms with Gasteiger partial charge in [-0.25, -0.2) is 0 Å². The van der Waals surface area contributed by atoms with Crippen LogP contribution in [0.15, 0.2) is 48.8 Å². The molecule has 0 radical (unpaired) electrons. The molecule has 0 saturated heterocycles. The topological polar surface area (TPSA) is 50.3 Å². The second-order valence-electron chi connectivity index (χ2n) is 2.77. The van der Waals surface area contributed by atoms with E-state index in [0.717, 1.165) is 9.46 Å². The van der Waals surface area contributed by atoms with Gasteiger partial charge in [0, 0.05) is 31.9 Å². The third-order valence-electron chi connectivity index (χ3n) is 1.61. The number of hydrogen-bond donors (Lipinski definition) is 2. The Bertz CT molecular complexity index is 522. The van der Waals surface area contributed by atoms with Crippen LogP contribution in [0, 0.1) is 9.28 Å². The molecule has 0 amide bonds. The van der Waals surface area contributed by atoms with Gasteiger partial charge in [0.2, 0.25) is 0 Å². The van der Waals surface area contributed by atoms with Crippen LogP contribution < -0.4 is 0 Å². The van der Waals surface area contributed by atoms with Crippen molar-refractivity contribution in [3.05, 3.63) is 58.1 Å². The van der Waals surface area contributed by atoms with E-state index >= 15 is 0 Å². The number of pyridine rings is 2. The van der Waals surface area contributed by atoms with Crippen molar-refractivity contribution in [1.82, 2.24) is 9.46 Å². The van der Waals surface area contributed by atoms with Gasteiger partial charge in [-0.05, 0) is 24.3 Å². The van der Waals surface area contributed by atoms with Crippen LogP contribution in [0.5, 0.6) is 0 Å². The van der Waals surface area contributed by atoms with E-state index in [9.17, 15) is 0 Å². The first-order chi connectivity index (χ1) is 7.61. The van der Waals surface area contributed by atoms with Crippen LogP contribution in [0.25, 0.3) is 0 Å². The van der Waals surface area contributed by atoms with Gasteiger partial charge in [-0.15, -0.1) is 0 Å². The van der Waals surface area contributed by atoms with Crippen LogP contribution in [-0.2, 0) is 19.5 Å². The maximum Gasteiger partial charge on any atom is 0 e. The summed E-state index contributed by atoms with van der Waals surface area (Å²) in [6.07, 6.45) is 2.98. The SMILES string of the molecule is On1ccccc1=S.On1ccccc1=S.[NaH].[Zn]. The van der Waals surface area contributed by atoms with Crippen LogP contribution in [0.1, 0.15) is 0 Å². The minimum absolute atomic E-state index is 0. The molecule has 0 atom stereocenters. The molecule has 2 aromatic rings. The Kier molecular flexibility index (Phi) is 12.2. The minimum Gasteiger partial charge on any atom is 0 e. The summed E-state index contributed by atoms with van der Waals surface area (Å²) >= 11 is 9.33. The molecule has 2 N–H and O–H groups in total. The molecule has 0 spiro atoms. The molecule has 0 saturated carbocycles. The van der Waals surface area contributed by atoms with Crippen LogP contribution in [-0.4, -0.2) is 49.4 Å². The zero-order chi connectivity index (χ0) is 12.0. The molecule has 2 heterocycles. The Morgan fingerprint density at radius 3 is 1.28 bits per heavy atom. The van der Waals surface area contributed by atoms with Gasteiger partial charge in [-0.2, -0.15) is 9.46 Å². The standard InChI is InChI=1S/2C5H5NOS.Na.Zn.H/c2*7-6-4-2-1-3-5(6)8;;;/h2*1-4,7H;;;. The van der Waals surface area contributed by atoms with E-state index in [4.69, 9.17) is 10.4 Å². The van der Waals surface area contributed by atoms with Gasteiger partial charge < -0.3 is 10.4 Å². The largest absolute Gasteiger partial charge is 0 e.